The van der Waals surface area contributed by atoms with Gasteiger partial charge in [-0.3, -0.25) is 14.3 Å². The molecule has 2 aromatic carbocycles. The van der Waals surface area contributed by atoms with Crippen LogP contribution in [0.25, 0.3) is 0 Å². The Kier molecular flexibility index (Phi) is 5.12. The van der Waals surface area contributed by atoms with Gasteiger partial charge in [0.15, 0.2) is 5.69 Å². The van der Waals surface area contributed by atoms with E-state index in [4.69, 9.17) is 0 Å². The Morgan fingerprint density at radius 2 is 1.83 bits per heavy atom. The van der Waals surface area contributed by atoms with Gasteiger partial charge in [-0.05, 0) is 29.8 Å². The van der Waals surface area contributed by atoms with Crippen LogP contribution >= 0.6 is 0 Å². The zero-order chi connectivity index (χ0) is 20.4. The van der Waals surface area contributed by atoms with Crippen LogP contribution < -0.4 is 5.32 Å². The van der Waals surface area contributed by atoms with Crippen molar-refractivity contribution >= 4 is 11.8 Å². The number of carbonyl (C=O) groups is 2. The zero-order valence-corrected chi connectivity index (χ0v) is 16.1. The number of rotatable bonds is 4. The molecule has 0 spiro atoms. The molecule has 3 aromatic rings. The van der Waals surface area contributed by atoms with Gasteiger partial charge in [0.25, 0.3) is 11.8 Å². The molecule has 0 bridgehead atoms. The van der Waals surface area contributed by atoms with E-state index in [0.717, 1.165) is 16.8 Å². The van der Waals surface area contributed by atoms with Crippen LogP contribution in [-0.2, 0) is 26.6 Å². The molecule has 2 heterocycles. The van der Waals surface area contributed by atoms with Gasteiger partial charge in [-0.2, -0.15) is 5.10 Å². The largest absolute Gasteiger partial charge is 0.347 e. The van der Waals surface area contributed by atoms with Crippen molar-refractivity contribution in [1.29, 1.82) is 0 Å². The predicted molar refractivity (Wildman–Crippen MR) is 106 cm³/mol. The third kappa shape index (κ3) is 3.89. The first kappa shape index (κ1) is 18.9. The lowest BCUT2D eigenvalue weighted by molar-refractivity contribution is 0.0730. The monoisotopic (exact) mass is 392 g/mol. The molecule has 1 aromatic heterocycles. The third-order valence-corrected chi connectivity index (χ3v) is 5.13. The first-order chi connectivity index (χ1) is 14.0. The summed E-state index contributed by atoms with van der Waals surface area (Å²) in [5, 5.41) is 7.30. The maximum Gasteiger partial charge on any atom is 0.272 e. The van der Waals surface area contributed by atoms with Crippen molar-refractivity contribution in [1.82, 2.24) is 20.0 Å². The molecule has 29 heavy (non-hydrogen) atoms. The summed E-state index contributed by atoms with van der Waals surface area (Å²) in [4.78, 5) is 27.2. The zero-order valence-electron chi connectivity index (χ0n) is 16.1. The average Bonchev–Trinajstić information content (AvgIpc) is 3.09. The van der Waals surface area contributed by atoms with E-state index < -0.39 is 0 Å². The van der Waals surface area contributed by atoms with Crippen LogP contribution in [0.5, 0.6) is 0 Å². The highest BCUT2D eigenvalue weighted by Gasteiger charge is 2.29. The SMILES string of the molecule is Cn1nc(C(=O)NCc2ccccc2)c2c1CCN(C(=O)c1ccc(F)cc1)C2. The van der Waals surface area contributed by atoms with Crippen LogP contribution in [0.15, 0.2) is 54.6 Å². The molecule has 1 N–H and O–H groups in total. The fourth-order valence-electron chi connectivity index (χ4n) is 3.59. The number of benzene rings is 2. The molecule has 7 heteroatoms. The number of hydrogen-bond acceptors (Lipinski definition) is 3. The molecular weight excluding hydrogens is 371 g/mol. The van der Waals surface area contributed by atoms with Gasteiger partial charge in [-0.15, -0.1) is 0 Å². The molecule has 0 saturated carbocycles. The molecule has 0 aliphatic carbocycles. The maximum atomic E-state index is 13.1. The highest BCUT2D eigenvalue weighted by molar-refractivity contribution is 5.96. The Bertz CT molecular complexity index is 1040. The van der Waals surface area contributed by atoms with Gasteiger partial charge < -0.3 is 10.2 Å². The van der Waals surface area contributed by atoms with Gasteiger partial charge in [0.2, 0.25) is 0 Å². The van der Waals surface area contributed by atoms with E-state index in [1.807, 2.05) is 37.4 Å². The Hall–Kier alpha value is -3.48. The molecule has 1 aliphatic heterocycles. The summed E-state index contributed by atoms with van der Waals surface area (Å²) < 4.78 is 14.9. The molecule has 1 aliphatic rings. The highest BCUT2D eigenvalue weighted by atomic mass is 19.1. The van der Waals surface area contributed by atoms with E-state index in [-0.39, 0.29) is 17.6 Å². The number of nitrogens with zero attached hydrogens (tertiary/aromatic N) is 3. The first-order valence-corrected chi connectivity index (χ1v) is 9.44. The summed E-state index contributed by atoms with van der Waals surface area (Å²) in [6, 6.07) is 15.1. The number of hydrogen-bond donors (Lipinski definition) is 1. The smallest absolute Gasteiger partial charge is 0.272 e. The Balaban J connectivity index is 1.52. The van der Waals surface area contributed by atoms with E-state index in [1.54, 1.807) is 9.58 Å². The summed E-state index contributed by atoms with van der Waals surface area (Å²) in [6.45, 7) is 1.23. The van der Waals surface area contributed by atoms with Gasteiger partial charge in [-0.25, -0.2) is 4.39 Å². The molecule has 2 amide bonds. The van der Waals surface area contributed by atoms with E-state index in [9.17, 15) is 14.0 Å². The van der Waals surface area contributed by atoms with E-state index in [0.29, 0.717) is 37.3 Å². The fraction of sp³-hybridized carbons (Fsp3) is 0.227. The fourth-order valence-corrected chi connectivity index (χ4v) is 3.59. The number of amides is 2. The van der Waals surface area contributed by atoms with Crippen LogP contribution in [0.1, 0.15) is 37.7 Å². The lowest BCUT2D eigenvalue weighted by Gasteiger charge is -2.27. The van der Waals surface area contributed by atoms with Gasteiger partial charge in [0.1, 0.15) is 5.82 Å². The van der Waals surface area contributed by atoms with E-state index in [1.165, 1.54) is 24.3 Å². The first-order valence-electron chi connectivity index (χ1n) is 9.44. The van der Waals surface area contributed by atoms with Crippen LogP contribution in [0.4, 0.5) is 4.39 Å². The predicted octanol–water partition coefficient (Wildman–Crippen LogP) is 2.69. The normalized spacial score (nSPS) is 13.1. The average molecular weight is 392 g/mol. The summed E-state index contributed by atoms with van der Waals surface area (Å²) in [5.41, 5.74) is 3.49. The van der Waals surface area contributed by atoms with Crippen LogP contribution in [0, 0.1) is 5.82 Å². The number of halogens is 1. The summed E-state index contributed by atoms with van der Waals surface area (Å²) in [5.74, 6) is -0.830. The topological polar surface area (TPSA) is 67.2 Å². The summed E-state index contributed by atoms with van der Waals surface area (Å²) >= 11 is 0. The van der Waals surface area contributed by atoms with E-state index >= 15 is 0 Å². The molecular formula is C22H21FN4O2. The van der Waals surface area contributed by atoms with Crippen molar-refractivity contribution in [3.05, 3.63) is 88.5 Å². The molecule has 0 unspecified atom stereocenters. The van der Waals surface area contributed by atoms with Crippen LogP contribution in [0.3, 0.4) is 0 Å². The minimum atomic E-state index is -0.382. The molecule has 0 fully saturated rings. The third-order valence-electron chi connectivity index (χ3n) is 5.13. The van der Waals surface area contributed by atoms with E-state index in [2.05, 4.69) is 10.4 Å². The molecule has 0 atom stereocenters. The quantitative estimate of drug-likeness (QED) is 0.742. The number of nitrogens with one attached hydrogen (secondary N) is 1. The van der Waals surface area contributed by atoms with Gasteiger partial charge in [0.05, 0.1) is 6.54 Å². The van der Waals surface area contributed by atoms with Crippen LogP contribution in [-0.4, -0.2) is 33.0 Å². The second kappa shape index (κ2) is 7.87. The molecule has 148 valence electrons. The molecule has 0 saturated heterocycles. The number of aromatic nitrogens is 2. The summed E-state index contributed by atoms with van der Waals surface area (Å²) in [7, 11) is 1.81. The maximum absolute atomic E-state index is 13.1. The van der Waals surface area contributed by atoms with Gasteiger partial charge in [0, 0.05) is 43.4 Å². The second-order valence-electron chi connectivity index (χ2n) is 7.05. The molecule has 0 radical (unpaired) electrons. The summed E-state index contributed by atoms with van der Waals surface area (Å²) in [6.07, 6.45) is 0.609. The number of fused-ring (bicyclic) bond motifs is 1. The second-order valence-corrected chi connectivity index (χ2v) is 7.05. The van der Waals surface area contributed by atoms with Gasteiger partial charge >= 0.3 is 0 Å². The Morgan fingerprint density at radius 1 is 1.10 bits per heavy atom. The van der Waals surface area contributed by atoms with Crippen molar-refractivity contribution in [2.45, 2.75) is 19.5 Å². The van der Waals surface area contributed by atoms with Crippen molar-refractivity contribution in [3.63, 3.8) is 0 Å². The molecule has 4 rings (SSSR count). The van der Waals surface area contributed by atoms with Crippen molar-refractivity contribution in [2.24, 2.45) is 7.05 Å². The molecule has 6 nitrogen and oxygen atoms in total. The van der Waals surface area contributed by atoms with Crippen molar-refractivity contribution in [2.75, 3.05) is 6.54 Å². The lowest BCUT2D eigenvalue weighted by Crippen LogP contribution is -2.37. The minimum Gasteiger partial charge on any atom is -0.347 e. The number of aryl methyl sites for hydroxylation is 1. The minimum absolute atomic E-state index is 0.185. The van der Waals surface area contributed by atoms with Crippen molar-refractivity contribution < 1.29 is 14.0 Å². The number of carbonyl (C=O) groups excluding carboxylic acids is 2. The van der Waals surface area contributed by atoms with Gasteiger partial charge in [-0.1, -0.05) is 30.3 Å². The standard InChI is InChI=1S/C22H21FN4O2/c1-26-19-11-12-27(22(29)16-7-9-17(23)10-8-16)14-18(19)20(25-26)21(28)24-13-15-5-3-2-4-6-15/h2-10H,11-14H2,1H3,(H,24,28). The lowest BCUT2D eigenvalue weighted by atomic mass is 10.0. The Morgan fingerprint density at radius 3 is 2.55 bits per heavy atom. The highest BCUT2D eigenvalue weighted by Crippen LogP contribution is 2.23. The van der Waals surface area contributed by atoms with Crippen molar-refractivity contribution in [3.8, 4) is 0 Å². The van der Waals surface area contributed by atoms with Crippen LogP contribution in [0.2, 0.25) is 0 Å². The Labute approximate surface area is 167 Å².